The Morgan fingerprint density at radius 2 is 2.28 bits per heavy atom. The highest BCUT2D eigenvalue weighted by Gasteiger charge is 2.15. The molecular formula is C18H25N3O2S2. The molecule has 1 aliphatic heterocycles. The fourth-order valence-electron chi connectivity index (χ4n) is 2.61. The number of hydrogen-bond acceptors (Lipinski definition) is 7. The third kappa shape index (κ3) is 5.87. The summed E-state index contributed by atoms with van der Waals surface area (Å²) in [6.45, 7) is 6.59. The van der Waals surface area contributed by atoms with E-state index < -0.39 is 0 Å². The number of nitrogens with one attached hydrogen (secondary N) is 1. The normalized spacial score (nSPS) is 17.0. The summed E-state index contributed by atoms with van der Waals surface area (Å²) in [6.07, 6.45) is 3.60. The summed E-state index contributed by atoms with van der Waals surface area (Å²) >= 11 is 3.34. The van der Waals surface area contributed by atoms with Crippen molar-refractivity contribution in [1.29, 1.82) is 0 Å². The van der Waals surface area contributed by atoms with Crippen molar-refractivity contribution in [3.05, 3.63) is 29.3 Å². The lowest BCUT2D eigenvalue weighted by Crippen LogP contribution is -2.18. The van der Waals surface area contributed by atoms with Crippen molar-refractivity contribution in [3.8, 4) is 5.75 Å². The van der Waals surface area contributed by atoms with Crippen molar-refractivity contribution in [2.75, 3.05) is 30.8 Å². The lowest BCUT2D eigenvalue weighted by atomic mass is 10.1. The van der Waals surface area contributed by atoms with Crippen LogP contribution in [-0.2, 0) is 4.74 Å². The molecule has 0 radical (unpaired) electrons. The van der Waals surface area contributed by atoms with Crippen LogP contribution >= 0.6 is 23.1 Å². The second-order valence-electron chi connectivity index (χ2n) is 6.21. The molecule has 1 N–H and O–H groups in total. The molecule has 2 aromatic rings. The van der Waals surface area contributed by atoms with E-state index in [-0.39, 0.29) is 0 Å². The predicted octanol–water partition coefficient (Wildman–Crippen LogP) is 4.31. The van der Waals surface area contributed by atoms with Gasteiger partial charge in [-0.2, -0.15) is 0 Å². The summed E-state index contributed by atoms with van der Waals surface area (Å²) in [4.78, 5) is 0. The molecule has 1 atom stereocenters. The molecule has 1 unspecified atom stereocenters. The van der Waals surface area contributed by atoms with E-state index in [9.17, 15) is 0 Å². The Morgan fingerprint density at radius 3 is 3.12 bits per heavy atom. The van der Waals surface area contributed by atoms with Gasteiger partial charge in [-0.1, -0.05) is 35.2 Å². The summed E-state index contributed by atoms with van der Waals surface area (Å²) in [6, 6.07) is 6.31. The first-order valence-electron chi connectivity index (χ1n) is 8.72. The van der Waals surface area contributed by atoms with Gasteiger partial charge >= 0.3 is 0 Å². The molecular weight excluding hydrogens is 354 g/mol. The van der Waals surface area contributed by atoms with Crippen molar-refractivity contribution in [3.63, 3.8) is 0 Å². The molecule has 0 bridgehead atoms. The molecule has 1 aromatic heterocycles. The van der Waals surface area contributed by atoms with Crippen LogP contribution in [0.1, 0.15) is 30.4 Å². The minimum atomic E-state index is 0.322. The van der Waals surface area contributed by atoms with Gasteiger partial charge in [-0.3, -0.25) is 0 Å². The van der Waals surface area contributed by atoms with Gasteiger partial charge in [0.25, 0.3) is 0 Å². The Labute approximate surface area is 157 Å². The summed E-state index contributed by atoms with van der Waals surface area (Å²) in [7, 11) is 0. The molecule has 5 nitrogen and oxygen atoms in total. The van der Waals surface area contributed by atoms with Gasteiger partial charge in [-0.25, -0.2) is 0 Å². The molecule has 0 saturated carbocycles. The van der Waals surface area contributed by atoms with Gasteiger partial charge in [-0.05, 0) is 50.3 Å². The molecule has 1 aromatic carbocycles. The molecule has 0 amide bonds. The zero-order valence-electron chi connectivity index (χ0n) is 14.8. The second kappa shape index (κ2) is 9.40. The second-order valence-corrected chi connectivity index (χ2v) is 8.53. The molecule has 1 saturated heterocycles. The molecule has 2 heterocycles. The van der Waals surface area contributed by atoms with Crippen LogP contribution in [-0.4, -0.2) is 41.8 Å². The molecule has 0 aliphatic carbocycles. The number of benzene rings is 1. The highest BCUT2D eigenvalue weighted by Crippen LogP contribution is 2.26. The highest BCUT2D eigenvalue weighted by molar-refractivity contribution is 8.01. The van der Waals surface area contributed by atoms with E-state index in [0.29, 0.717) is 6.10 Å². The molecule has 0 spiro atoms. The van der Waals surface area contributed by atoms with Crippen LogP contribution in [0.4, 0.5) is 5.13 Å². The van der Waals surface area contributed by atoms with Gasteiger partial charge in [0, 0.05) is 18.9 Å². The first-order chi connectivity index (χ1) is 12.2. The topological polar surface area (TPSA) is 56.3 Å². The van der Waals surface area contributed by atoms with E-state index in [1.807, 2.05) is 0 Å². The fourth-order valence-corrected chi connectivity index (χ4v) is 4.35. The van der Waals surface area contributed by atoms with E-state index in [1.54, 1.807) is 23.1 Å². The Hall–Kier alpha value is -1.31. The van der Waals surface area contributed by atoms with Crippen LogP contribution in [0.3, 0.4) is 0 Å². The van der Waals surface area contributed by atoms with Crippen molar-refractivity contribution >= 4 is 28.2 Å². The molecule has 1 aliphatic rings. The first kappa shape index (κ1) is 18.5. The van der Waals surface area contributed by atoms with Crippen LogP contribution < -0.4 is 10.1 Å². The summed E-state index contributed by atoms with van der Waals surface area (Å²) in [5.74, 6) is 1.96. The summed E-state index contributed by atoms with van der Waals surface area (Å²) < 4.78 is 12.5. The van der Waals surface area contributed by atoms with Gasteiger partial charge < -0.3 is 14.8 Å². The average molecular weight is 380 g/mol. The van der Waals surface area contributed by atoms with E-state index in [0.717, 1.165) is 60.0 Å². The maximum absolute atomic E-state index is 5.88. The Kier molecular flexibility index (Phi) is 6.95. The third-order valence-corrected chi connectivity index (χ3v) is 6.13. The Bertz CT molecular complexity index is 672. The van der Waals surface area contributed by atoms with Crippen LogP contribution in [0.15, 0.2) is 22.5 Å². The zero-order valence-corrected chi connectivity index (χ0v) is 16.4. The van der Waals surface area contributed by atoms with Gasteiger partial charge in [0.15, 0.2) is 4.34 Å². The van der Waals surface area contributed by atoms with E-state index in [4.69, 9.17) is 9.47 Å². The summed E-state index contributed by atoms with van der Waals surface area (Å²) in [5.41, 5.74) is 2.41. The number of anilines is 1. The SMILES string of the molecule is Cc1ccc(C)c(OCCCSc2nnc(NCC3CCCO3)s2)c1. The minimum Gasteiger partial charge on any atom is -0.493 e. The smallest absolute Gasteiger partial charge is 0.206 e. The Morgan fingerprint density at radius 1 is 1.36 bits per heavy atom. The minimum absolute atomic E-state index is 0.322. The number of aryl methyl sites for hydroxylation is 2. The number of thioether (sulfide) groups is 1. The van der Waals surface area contributed by atoms with E-state index in [2.05, 4.69) is 47.6 Å². The van der Waals surface area contributed by atoms with Gasteiger partial charge in [-0.15, -0.1) is 10.2 Å². The maximum Gasteiger partial charge on any atom is 0.206 e. The number of aromatic nitrogens is 2. The maximum atomic E-state index is 5.88. The molecule has 3 rings (SSSR count). The molecule has 1 fully saturated rings. The number of nitrogens with zero attached hydrogens (tertiary/aromatic N) is 2. The quantitative estimate of drug-likeness (QED) is 0.518. The van der Waals surface area contributed by atoms with Crippen LogP contribution in [0.5, 0.6) is 5.75 Å². The first-order valence-corrected chi connectivity index (χ1v) is 10.5. The molecule has 25 heavy (non-hydrogen) atoms. The van der Waals surface area contributed by atoms with Crippen molar-refractivity contribution in [2.45, 2.75) is 43.6 Å². The van der Waals surface area contributed by atoms with Gasteiger partial charge in [0.05, 0.1) is 12.7 Å². The zero-order chi connectivity index (χ0) is 17.5. The largest absolute Gasteiger partial charge is 0.493 e. The van der Waals surface area contributed by atoms with Crippen molar-refractivity contribution in [1.82, 2.24) is 10.2 Å². The summed E-state index contributed by atoms with van der Waals surface area (Å²) in [5, 5.41) is 12.6. The number of rotatable bonds is 9. The number of ether oxygens (including phenoxy) is 2. The van der Waals surface area contributed by atoms with Gasteiger partial charge in [0.1, 0.15) is 5.75 Å². The van der Waals surface area contributed by atoms with E-state index in [1.165, 1.54) is 11.1 Å². The fraction of sp³-hybridized carbons (Fsp3) is 0.556. The average Bonchev–Trinajstić information content (AvgIpc) is 3.27. The predicted molar refractivity (Wildman–Crippen MR) is 104 cm³/mol. The monoisotopic (exact) mass is 379 g/mol. The van der Waals surface area contributed by atoms with E-state index >= 15 is 0 Å². The van der Waals surface area contributed by atoms with Crippen molar-refractivity contribution in [2.24, 2.45) is 0 Å². The Balaban J connectivity index is 1.33. The molecule has 7 heteroatoms. The lowest BCUT2D eigenvalue weighted by molar-refractivity contribution is 0.120. The standard InChI is InChI=1S/C18H25N3O2S2/c1-13-6-7-14(2)16(11-13)23-9-4-10-24-18-21-20-17(25-18)19-12-15-5-3-8-22-15/h6-7,11,15H,3-5,8-10,12H2,1-2H3,(H,19,20). The third-order valence-electron chi connectivity index (χ3n) is 4.03. The van der Waals surface area contributed by atoms with Crippen molar-refractivity contribution < 1.29 is 9.47 Å². The number of hydrogen-bond donors (Lipinski definition) is 1. The van der Waals surface area contributed by atoms with Crippen LogP contribution in [0, 0.1) is 13.8 Å². The van der Waals surface area contributed by atoms with Crippen LogP contribution in [0.2, 0.25) is 0 Å². The van der Waals surface area contributed by atoms with Crippen LogP contribution in [0.25, 0.3) is 0 Å². The van der Waals surface area contributed by atoms with Gasteiger partial charge in [0.2, 0.25) is 5.13 Å². The highest BCUT2D eigenvalue weighted by atomic mass is 32.2. The molecule has 136 valence electrons. The lowest BCUT2D eigenvalue weighted by Gasteiger charge is -2.09.